The monoisotopic (exact) mass is 351 g/mol. The molecule has 134 valence electrons. The molecule has 5 heteroatoms. The van der Waals surface area contributed by atoms with E-state index in [1.165, 1.54) is 7.11 Å². The first kappa shape index (κ1) is 19.2. The van der Waals surface area contributed by atoms with Crippen LogP contribution in [0.4, 0.5) is 5.69 Å². The lowest BCUT2D eigenvalue weighted by atomic mass is 10.1. The van der Waals surface area contributed by atoms with Gasteiger partial charge in [-0.1, -0.05) is 24.0 Å². The summed E-state index contributed by atoms with van der Waals surface area (Å²) in [5.74, 6) is 5.54. The van der Waals surface area contributed by atoms with E-state index in [0.717, 1.165) is 5.56 Å². The number of methoxy groups -OCH3 is 1. The first-order valence-electron chi connectivity index (χ1n) is 8.30. The third-order valence-electron chi connectivity index (χ3n) is 3.46. The highest BCUT2D eigenvalue weighted by molar-refractivity contribution is 5.91. The Balaban J connectivity index is 2.06. The second-order valence-electron chi connectivity index (χ2n) is 5.40. The maximum absolute atomic E-state index is 11.8. The first-order chi connectivity index (χ1) is 12.6. The Hall–Kier alpha value is -3.10. The molecule has 0 aromatic heterocycles. The molecular weight excluding hydrogens is 330 g/mol. The second-order valence-corrected chi connectivity index (χ2v) is 5.40. The number of esters is 1. The van der Waals surface area contributed by atoms with Crippen molar-refractivity contribution in [2.45, 2.75) is 13.3 Å². The normalized spacial score (nSPS) is 9.77. The number of nitrogens with one attached hydrogen (secondary N) is 1. The number of ether oxygens (including phenoxy) is 2. The number of hydrogen-bond acceptors (Lipinski definition) is 4. The van der Waals surface area contributed by atoms with Gasteiger partial charge in [-0.15, -0.1) is 0 Å². The Morgan fingerprint density at radius 3 is 2.42 bits per heavy atom. The molecule has 0 saturated carbocycles. The SMILES string of the molecule is CCOCCC(=O)Nc1cccc(C#Cc2cccc(C(=O)OC)c2)c1. The van der Waals surface area contributed by atoms with Crippen molar-refractivity contribution in [2.75, 3.05) is 25.6 Å². The lowest BCUT2D eigenvalue weighted by molar-refractivity contribution is -0.117. The number of anilines is 1. The lowest BCUT2D eigenvalue weighted by Crippen LogP contribution is -2.14. The summed E-state index contributed by atoms with van der Waals surface area (Å²) in [5.41, 5.74) is 2.60. The van der Waals surface area contributed by atoms with E-state index in [9.17, 15) is 9.59 Å². The van der Waals surface area contributed by atoms with Gasteiger partial charge in [0.2, 0.25) is 5.91 Å². The van der Waals surface area contributed by atoms with Crippen molar-refractivity contribution in [3.05, 3.63) is 65.2 Å². The summed E-state index contributed by atoms with van der Waals surface area (Å²) >= 11 is 0. The summed E-state index contributed by atoms with van der Waals surface area (Å²) in [7, 11) is 1.34. The zero-order valence-corrected chi connectivity index (χ0v) is 14.9. The molecule has 1 N–H and O–H groups in total. The number of amides is 1. The van der Waals surface area contributed by atoms with E-state index < -0.39 is 5.97 Å². The standard InChI is InChI=1S/C21H21NO4/c1-3-26-13-12-20(23)22-19-9-5-7-17(15-19)11-10-16-6-4-8-18(14-16)21(24)25-2/h4-9,14-15H,3,12-13H2,1-2H3,(H,22,23). The molecule has 2 aromatic rings. The van der Waals surface area contributed by atoms with Gasteiger partial charge in [0, 0.05) is 23.4 Å². The van der Waals surface area contributed by atoms with E-state index in [1.807, 2.05) is 31.2 Å². The minimum Gasteiger partial charge on any atom is -0.465 e. The molecule has 0 saturated heterocycles. The van der Waals surface area contributed by atoms with Crippen LogP contribution in [0.2, 0.25) is 0 Å². The quantitative estimate of drug-likeness (QED) is 0.493. The van der Waals surface area contributed by atoms with Gasteiger partial charge in [-0.05, 0) is 43.3 Å². The molecule has 1 amide bonds. The Kier molecular flexibility index (Phi) is 7.41. The third kappa shape index (κ3) is 6.08. The van der Waals surface area contributed by atoms with Crippen LogP contribution < -0.4 is 5.32 Å². The molecule has 0 aliphatic heterocycles. The number of benzene rings is 2. The average Bonchev–Trinajstić information content (AvgIpc) is 2.66. The molecule has 0 aliphatic carbocycles. The summed E-state index contributed by atoms with van der Waals surface area (Å²) in [6.07, 6.45) is 0.310. The summed E-state index contributed by atoms with van der Waals surface area (Å²) < 4.78 is 9.88. The zero-order valence-electron chi connectivity index (χ0n) is 14.9. The molecule has 5 nitrogen and oxygen atoms in total. The topological polar surface area (TPSA) is 64.6 Å². The van der Waals surface area contributed by atoms with E-state index in [2.05, 4.69) is 17.2 Å². The number of carbonyl (C=O) groups excluding carboxylic acids is 2. The Labute approximate surface area is 153 Å². The fraction of sp³-hybridized carbons (Fsp3) is 0.238. The van der Waals surface area contributed by atoms with E-state index in [1.54, 1.807) is 24.3 Å². The van der Waals surface area contributed by atoms with Gasteiger partial charge < -0.3 is 14.8 Å². The molecule has 0 unspecified atom stereocenters. The Bertz CT molecular complexity index is 833. The van der Waals surface area contributed by atoms with Crippen molar-refractivity contribution in [2.24, 2.45) is 0 Å². The van der Waals surface area contributed by atoms with Crippen LogP contribution in [0.1, 0.15) is 34.8 Å². The molecule has 0 atom stereocenters. The number of hydrogen-bond donors (Lipinski definition) is 1. The second kappa shape index (κ2) is 10.0. The molecule has 0 aliphatic rings. The van der Waals surface area contributed by atoms with Gasteiger partial charge in [0.25, 0.3) is 0 Å². The van der Waals surface area contributed by atoms with Crippen LogP contribution >= 0.6 is 0 Å². The molecule has 0 heterocycles. The average molecular weight is 351 g/mol. The number of carbonyl (C=O) groups is 2. The lowest BCUT2D eigenvalue weighted by Gasteiger charge is -2.05. The minimum absolute atomic E-state index is 0.102. The van der Waals surface area contributed by atoms with Crippen LogP contribution in [0.5, 0.6) is 0 Å². The van der Waals surface area contributed by atoms with Crippen LogP contribution in [-0.2, 0) is 14.3 Å². The maximum Gasteiger partial charge on any atom is 0.337 e. The summed E-state index contributed by atoms with van der Waals surface area (Å²) in [6, 6.07) is 14.2. The fourth-order valence-electron chi connectivity index (χ4n) is 2.19. The molecule has 26 heavy (non-hydrogen) atoms. The summed E-state index contributed by atoms with van der Waals surface area (Å²) in [5, 5.41) is 2.82. The van der Waals surface area contributed by atoms with Gasteiger partial charge in [-0.3, -0.25) is 4.79 Å². The third-order valence-corrected chi connectivity index (χ3v) is 3.46. The summed E-state index contributed by atoms with van der Waals surface area (Å²) in [6.45, 7) is 2.88. The van der Waals surface area contributed by atoms with E-state index in [4.69, 9.17) is 9.47 Å². The molecule has 0 bridgehead atoms. The first-order valence-corrected chi connectivity index (χ1v) is 8.30. The van der Waals surface area contributed by atoms with Crippen molar-refractivity contribution in [1.29, 1.82) is 0 Å². The van der Waals surface area contributed by atoms with E-state index in [-0.39, 0.29) is 5.91 Å². The summed E-state index contributed by atoms with van der Waals surface area (Å²) in [4.78, 5) is 23.4. The predicted molar refractivity (Wildman–Crippen MR) is 99.9 cm³/mol. The predicted octanol–water partition coefficient (Wildman–Crippen LogP) is 3.24. The number of rotatable bonds is 6. The van der Waals surface area contributed by atoms with Crippen molar-refractivity contribution in [3.63, 3.8) is 0 Å². The van der Waals surface area contributed by atoms with Crippen LogP contribution in [0.15, 0.2) is 48.5 Å². The van der Waals surface area contributed by atoms with Crippen molar-refractivity contribution in [1.82, 2.24) is 0 Å². The Morgan fingerprint density at radius 2 is 1.73 bits per heavy atom. The van der Waals surface area contributed by atoms with Crippen molar-refractivity contribution >= 4 is 17.6 Å². The minimum atomic E-state index is -0.398. The van der Waals surface area contributed by atoms with Gasteiger partial charge >= 0.3 is 5.97 Å². The maximum atomic E-state index is 11.8. The van der Waals surface area contributed by atoms with Gasteiger partial charge in [0.05, 0.1) is 25.7 Å². The molecule has 0 radical (unpaired) electrons. The highest BCUT2D eigenvalue weighted by Crippen LogP contribution is 2.11. The van der Waals surface area contributed by atoms with E-state index in [0.29, 0.717) is 36.4 Å². The van der Waals surface area contributed by atoms with Crippen LogP contribution in [0.25, 0.3) is 0 Å². The van der Waals surface area contributed by atoms with Crippen molar-refractivity contribution in [3.8, 4) is 11.8 Å². The van der Waals surface area contributed by atoms with Gasteiger partial charge in [0.15, 0.2) is 0 Å². The molecule has 0 fully saturated rings. The Morgan fingerprint density at radius 1 is 1.04 bits per heavy atom. The zero-order chi connectivity index (χ0) is 18.8. The molecule has 0 spiro atoms. The smallest absolute Gasteiger partial charge is 0.337 e. The fourth-order valence-corrected chi connectivity index (χ4v) is 2.19. The van der Waals surface area contributed by atoms with E-state index >= 15 is 0 Å². The molecule has 2 rings (SSSR count). The highest BCUT2D eigenvalue weighted by atomic mass is 16.5. The van der Waals surface area contributed by atoms with Crippen LogP contribution in [-0.4, -0.2) is 32.2 Å². The van der Waals surface area contributed by atoms with Crippen LogP contribution in [0, 0.1) is 11.8 Å². The van der Waals surface area contributed by atoms with Crippen molar-refractivity contribution < 1.29 is 19.1 Å². The van der Waals surface area contributed by atoms with Gasteiger partial charge in [0.1, 0.15) is 0 Å². The van der Waals surface area contributed by atoms with Gasteiger partial charge in [-0.25, -0.2) is 4.79 Å². The highest BCUT2D eigenvalue weighted by Gasteiger charge is 2.04. The molecular formula is C21H21NO4. The molecule has 2 aromatic carbocycles. The largest absolute Gasteiger partial charge is 0.465 e. The van der Waals surface area contributed by atoms with Gasteiger partial charge in [-0.2, -0.15) is 0 Å². The van der Waals surface area contributed by atoms with Crippen LogP contribution in [0.3, 0.4) is 0 Å².